The van der Waals surface area contributed by atoms with Gasteiger partial charge < -0.3 is 28.4 Å². The lowest BCUT2D eigenvalue weighted by Gasteiger charge is -2.19. The molecule has 0 aliphatic carbocycles. The molecule has 0 bridgehead atoms. The lowest BCUT2D eigenvalue weighted by atomic mass is 9.97. The van der Waals surface area contributed by atoms with Crippen LogP contribution in [-0.4, -0.2) is 45.8 Å². The first-order valence-electron chi connectivity index (χ1n) is 13.2. The molecule has 40 heavy (non-hydrogen) atoms. The summed E-state index contributed by atoms with van der Waals surface area (Å²) in [6, 6.07) is 8.87. The summed E-state index contributed by atoms with van der Waals surface area (Å²) in [6.07, 6.45) is 1.20. The van der Waals surface area contributed by atoms with E-state index in [2.05, 4.69) is 0 Å². The number of aryl methyl sites for hydroxylation is 1. The minimum absolute atomic E-state index is 0.0138. The highest BCUT2D eigenvalue weighted by atomic mass is 16.6. The van der Waals surface area contributed by atoms with Crippen LogP contribution in [0.25, 0.3) is 0 Å². The van der Waals surface area contributed by atoms with Crippen molar-refractivity contribution >= 4 is 17.9 Å². The molecule has 0 heterocycles. The molecule has 0 radical (unpaired) electrons. The smallest absolute Gasteiger partial charge is 0.316 e. The Morgan fingerprint density at radius 2 is 1.38 bits per heavy atom. The molecule has 0 atom stereocenters. The Kier molecular flexibility index (Phi) is 11.4. The van der Waals surface area contributed by atoms with Gasteiger partial charge in [-0.15, -0.1) is 0 Å². The fraction of sp³-hybridized carbons (Fsp3) is 0.516. The van der Waals surface area contributed by atoms with Gasteiger partial charge in [0.15, 0.2) is 23.0 Å². The fourth-order valence-corrected chi connectivity index (χ4v) is 3.49. The lowest BCUT2D eigenvalue weighted by Crippen LogP contribution is -2.25. The third-order valence-electron chi connectivity index (χ3n) is 5.86. The quantitative estimate of drug-likeness (QED) is 0.190. The number of carbonyl (C=O) groups excluding carboxylic acids is 3. The molecular formula is C31H42O9. The first kappa shape index (κ1) is 32.5. The molecule has 0 aliphatic heterocycles. The van der Waals surface area contributed by atoms with E-state index in [9.17, 15) is 14.4 Å². The Hall–Kier alpha value is -3.75. The molecule has 0 saturated heterocycles. The van der Waals surface area contributed by atoms with E-state index in [0.29, 0.717) is 41.4 Å². The molecule has 2 aromatic carbocycles. The SMILES string of the molecule is COC(=O)Cc1cc(CCCOC(=O)C(C)(C)C)cc(OC)c1OCc1ccc(OC(=O)C(C)(C)C)c(OC)c1. The first-order chi connectivity index (χ1) is 18.7. The van der Waals surface area contributed by atoms with E-state index in [1.54, 1.807) is 39.0 Å². The normalized spacial score (nSPS) is 11.4. The standard InChI is InChI=1S/C31H42O9/c1-30(2,3)28(33)38-14-10-11-20-15-22(18-26(32)37-9)27(25(16-20)36-8)39-19-21-12-13-23(24(17-21)35-7)40-29(34)31(4,5)6/h12-13,15-17H,10-11,14,18-19H2,1-9H3. The average Bonchev–Trinajstić information content (AvgIpc) is 2.89. The molecular weight excluding hydrogens is 516 g/mol. The Balaban J connectivity index is 2.23. The van der Waals surface area contributed by atoms with Gasteiger partial charge in [0.25, 0.3) is 0 Å². The summed E-state index contributed by atoms with van der Waals surface area (Å²) >= 11 is 0. The van der Waals surface area contributed by atoms with Crippen LogP contribution in [0.5, 0.6) is 23.0 Å². The van der Waals surface area contributed by atoms with Crippen molar-refractivity contribution in [2.24, 2.45) is 10.8 Å². The van der Waals surface area contributed by atoms with Gasteiger partial charge in [-0.3, -0.25) is 14.4 Å². The summed E-state index contributed by atoms with van der Waals surface area (Å²) in [4.78, 5) is 36.5. The van der Waals surface area contributed by atoms with Gasteiger partial charge in [-0.25, -0.2) is 0 Å². The predicted octanol–water partition coefficient (Wildman–Crippen LogP) is 5.47. The number of ether oxygens (including phenoxy) is 6. The van der Waals surface area contributed by atoms with Gasteiger partial charge in [-0.05, 0) is 83.7 Å². The van der Waals surface area contributed by atoms with Crippen molar-refractivity contribution in [3.8, 4) is 23.0 Å². The van der Waals surface area contributed by atoms with Crippen molar-refractivity contribution in [2.75, 3.05) is 27.9 Å². The van der Waals surface area contributed by atoms with Gasteiger partial charge in [0.05, 0.1) is 45.2 Å². The lowest BCUT2D eigenvalue weighted by molar-refractivity contribution is -0.153. The zero-order valence-electron chi connectivity index (χ0n) is 25.1. The number of carbonyl (C=O) groups is 3. The minimum atomic E-state index is -0.664. The fourth-order valence-electron chi connectivity index (χ4n) is 3.49. The van der Waals surface area contributed by atoms with Crippen LogP contribution in [0.4, 0.5) is 0 Å². The van der Waals surface area contributed by atoms with Crippen LogP contribution in [-0.2, 0) is 43.3 Å². The van der Waals surface area contributed by atoms with E-state index < -0.39 is 16.8 Å². The largest absolute Gasteiger partial charge is 0.493 e. The second kappa shape index (κ2) is 14.1. The van der Waals surface area contributed by atoms with Crippen LogP contribution in [0.3, 0.4) is 0 Å². The van der Waals surface area contributed by atoms with Crippen molar-refractivity contribution in [1.82, 2.24) is 0 Å². The van der Waals surface area contributed by atoms with Crippen LogP contribution in [0.2, 0.25) is 0 Å². The van der Waals surface area contributed by atoms with Crippen molar-refractivity contribution in [1.29, 1.82) is 0 Å². The zero-order chi connectivity index (χ0) is 30.1. The van der Waals surface area contributed by atoms with E-state index in [0.717, 1.165) is 11.1 Å². The number of hydrogen-bond acceptors (Lipinski definition) is 9. The molecule has 0 amide bonds. The molecule has 0 saturated carbocycles. The summed E-state index contributed by atoms with van der Waals surface area (Å²) in [7, 11) is 4.35. The van der Waals surface area contributed by atoms with E-state index in [1.165, 1.54) is 21.3 Å². The molecule has 2 aromatic rings. The summed E-state index contributed by atoms with van der Waals surface area (Å²) in [5.74, 6) is 0.533. The monoisotopic (exact) mass is 558 g/mol. The molecule has 9 nitrogen and oxygen atoms in total. The molecule has 0 aliphatic rings. The zero-order valence-corrected chi connectivity index (χ0v) is 25.1. The molecule has 0 aromatic heterocycles. The Bertz CT molecular complexity index is 1190. The topological polar surface area (TPSA) is 107 Å². The van der Waals surface area contributed by atoms with E-state index in [-0.39, 0.29) is 31.6 Å². The summed E-state index contributed by atoms with van der Waals surface area (Å²) in [5.41, 5.74) is 1.04. The van der Waals surface area contributed by atoms with Gasteiger partial charge in [0.2, 0.25) is 0 Å². The highest BCUT2D eigenvalue weighted by Crippen LogP contribution is 2.36. The molecule has 220 valence electrons. The number of rotatable bonds is 12. The van der Waals surface area contributed by atoms with Crippen molar-refractivity contribution in [3.63, 3.8) is 0 Å². The van der Waals surface area contributed by atoms with Crippen LogP contribution in [0, 0.1) is 10.8 Å². The molecule has 0 fully saturated rings. The first-order valence-corrected chi connectivity index (χ1v) is 13.2. The Labute approximate surface area is 237 Å². The Morgan fingerprint density at radius 1 is 0.750 bits per heavy atom. The molecule has 0 N–H and O–H groups in total. The van der Waals surface area contributed by atoms with Crippen LogP contribution < -0.4 is 18.9 Å². The average molecular weight is 559 g/mol. The highest BCUT2D eigenvalue weighted by molar-refractivity contribution is 5.78. The third kappa shape index (κ3) is 9.47. The second-order valence-corrected chi connectivity index (χ2v) is 11.4. The number of esters is 3. The number of hydrogen-bond donors (Lipinski definition) is 0. The van der Waals surface area contributed by atoms with Crippen LogP contribution >= 0.6 is 0 Å². The van der Waals surface area contributed by atoms with E-state index in [1.807, 2.05) is 32.9 Å². The van der Waals surface area contributed by atoms with Crippen molar-refractivity contribution in [2.45, 2.75) is 67.4 Å². The van der Waals surface area contributed by atoms with Crippen LogP contribution in [0.15, 0.2) is 30.3 Å². The van der Waals surface area contributed by atoms with Gasteiger partial charge in [-0.1, -0.05) is 12.1 Å². The summed E-state index contributed by atoms with van der Waals surface area (Å²) < 4.78 is 33.0. The van der Waals surface area contributed by atoms with Crippen molar-refractivity contribution in [3.05, 3.63) is 47.0 Å². The molecule has 2 rings (SSSR count). The maximum atomic E-state index is 12.3. The number of methoxy groups -OCH3 is 3. The van der Waals surface area contributed by atoms with E-state index in [4.69, 9.17) is 28.4 Å². The second-order valence-electron chi connectivity index (χ2n) is 11.4. The maximum absolute atomic E-state index is 12.3. The van der Waals surface area contributed by atoms with Gasteiger partial charge >= 0.3 is 17.9 Å². The summed E-state index contributed by atoms with van der Waals surface area (Å²) in [5, 5.41) is 0. The van der Waals surface area contributed by atoms with Crippen LogP contribution in [0.1, 0.15) is 64.7 Å². The molecule has 0 unspecified atom stereocenters. The molecule has 9 heteroatoms. The van der Waals surface area contributed by atoms with Crippen molar-refractivity contribution < 1.29 is 42.8 Å². The van der Waals surface area contributed by atoms with E-state index >= 15 is 0 Å². The molecule has 0 spiro atoms. The summed E-state index contributed by atoms with van der Waals surface area (Å²) in [6.45, 7) is 11.2. The predicted molar refractivity (Wildman–Crippen MR) is 150 cm³/mol. The van der Waals surface area contributed by atoms with Gasteiger partial charge in [-0.2, -0.15) is 0 Å². The van der Waals surface area contributed by atoms with Gasteiger partial charge in [0.1, 0.15) is 6.61 Å². The third-order valence-corrected chi connectivity index (χ3v) is 5.86. The highest BCUT2D eigenvalue weighted by Gasteiger charge is 2.25. The Morgan fingerprint density at radius 3 is 1.95 bits per heavy atom. The minimum Gasteiger partial charge on any atom is -0.493 e. The van der Waals surface area contributed by atoms with Gasteiger partial charge in [0, 0.05) is 5.56 Å². The number of benzene rings is 2. The maximum Gasteiger partial charge on any atom is 0.316 e.